The Morgan fingerprint density at radius 2 is 1.96 bits per heavy atom. The van der Waals surface area contributed by atoms with Crippen LogP contribution in [-0.2, 0) is 9.59 Å². The van der Waals surface area contributed by atoms with Crippen molar-refractivity contribution in [3.8, 4) is 0 Å². The first-order valence-corrected chi connectivity index (χ1v) is 9.30. The zero-order valence-electron chi connectivity index (χ0n) is 14.6. The summed E-state index contributed by atoms with van der Waals surface area (Å²) in [7, 11) is 0. The number of ketones is 2. The van der Waals surface area contributed by atoms with Crippen molar-refractivity contribution in [1.29, 1.82) is 0 Å². The van der Waals surface area contributed by atoms with Gasteiger partial charge in [-0.3, -0.25) is 9.59 Å². The minimum atomic E-state index is 0.0645. The summed E-state index contributed by atoms with van der Waals surface area (Å²) in [5.74, 6) is 2.77. The second kappa shape index (κ2) is 4.91. The van der Waals surface area contributed by atoms with Crippen LogP contribution in [0.15, 0.2) is 23.8 Å². The van der Waals surface area contributed by atoms with E-state index in [1.165, 1.54) is 18.4 Å². The van der Waals surface area contributed by atoms with Crippen molar-refractivity contribution in [1.82, 2.24) is 0 Å². The maximum absolute atomic E-state index is 12.1. The van der Waals surface area contributed by atoms with Gasteiger partial charge < -0.3 is 0 Å². The highest BCUT2D eigenvalue weighted by Crippen LogP contribution is 2.64. The van der Waals surface area contributed by atoms with E-state index in [1.807, 2.05) is 6.08 Å². The van der Waals surface area contributed by atoms with Crippen LogP contribution in [0.1, 0.15) is 59.3 Å². The van der Waals surface area contributed by atoms with E-state index in [9.17, 15) is 9.59 Å². The molecular formula is C21H28O2. The zero-order chi connectivity index (χ0) is 16.4. The van der Waals surface area contributed by atoms with Gasteiger partial charge in [0.25, 0.3) is 0 Å². The standard InChI is InChI=1S/C21H28O2/c1-13(22)17-6-7-18-16-5-4-14-12-15(23)8-10-20(14,2)19(16)9-11-21(17,18)3/h9,11-12,16-19H,4-8,10H2,1-3H3/t16-,17+,18-,19-,20+,21+/m1/s1. The predicted molar refractivity (Wildman–Crippen MR) is 90.8 cm³/mol. The fourth-order valence-electron chi connectivity index (χ4n) is 6.59. The smallest absolute Gasteiger partial charge is 0.155 e. The highest BCUT2D eigenvalue weighted by Gasteiger charge is 2.57. The largest absolute Gasteiger partial charge is 0.300 e. The Balaban J connectivity index is 1.74. The van der Waals surface area contributed by atoms with Crippen LogP contribution in [0, 0.1) is 34.5 Å². The molecule has 0 radical (unpaired) electrons. The minimum absolute atomic E-state index is 0.0645. The number of allylic oxidation sites excluding steroid dienone is 4. The van der Waals surface area contributed by atoms with Crippen molar-refractivity contribution in [3.63, 3.8) is 0 Å². The van der Waals surface area contributed by atoms with Gasteiger partial charge in [0, 0.05) is 12.3 Å². The maximum atomic E-state index is 12.1. The second-order valence-electron chi connectivity index (χ2n) is 8.85. The van der Waals surface area contributed by atoms with Gasteiger partial charge in [0.05, 0.1) is 0 Å². The molecule has 0 N–H and O–H groups in total. The van der Waals surface area contributed by atoms with Gasteiger partial charge >= 0.3 is 0 Å². The summed E-state index contributed by atoms with van der Waals surface area (Å²) in [6.07, 6.45) is 13.0. The van der Waals surface area contributed by atoms with Crippen LogP contribution in [-0.4, -0.2) is 11.6 Å². The number of carbonyl (C=O) groups excluding carboxylic acids is 2. The normalized spacial score (nSPS) is 48.3. The average Bonchev–Trinajstić information content (AvgIpc) is 2.85. The van der Waals surface area contributed by atoms with Crippen LogP contribution < -0.4 is 0 Å². The molecule has 0 unspecified atom stereocenters. The van der Waals surface area contributed by atoms with Gasteiger partial charge in [0.2, 0.25) is 0 Å². The molecule has 2 fully saturated rings. The Hall–Kier alpha value is -1.18. The lowest BCUT2D eigenvalue weighted by Crippen LogP contribution is -2.48. The van der Waals surface area contributed by atoms with Crippen LogP contribution in [0.25, 0.3) is 0 Å². The van der Waals surface area contributed by atoms with E-state index in [2.05, 4.69) is 26.0 Å². The van der Waals surface area contributed by atoms with Crippen molar-refractivity contribution in [3.05, 3.63) is 23.8 Å². The SMILES string of the molecule is CC(=O)[C@@H]1CC[C@@H]2[C@H]3CCC4=CC(=O)CC[C@]4(C)[C@@H]3C=C[C@]21C. The molecule has 2 heteroatoms. The zero-order valence-corrected chi connectivity index (χ0v) is 14.6. The van der Waals surface area contributed by atoms with Crippen molar-refractivity contribution in [2.24, 2.45) is 34.5 Å². The molecular weight excluding hydrogens is 284 g/mol. The van der Waals surface area contributed by atoms with Crippen LogP contribution >= 0.6 is 0 Å². The summed E-state index contributed by atoms with van der Waals surface area (Å²) in [5, 5.41) is 0. The molecule has 0 saturated heterocycles. The van der Waals surface area contributed by atoms with E-state index >= 15 is 0 Å². The fraction of sp³-hybridized carbons (Fsp3) is 0.714. The topological polar surface area (TPSA) is 34.1 Å². The molecule has 0 bridgehead atoms. The Morgan fingerprint density at radius 1 is 1.17 bits per heavy atom. The Labute approximate surface area is 139 Å². The third-order valence-corrected chi connectivity index (χ3v) is 7.89. The van der Waals surface area contributed by atoms with Crippen molar-refractivity contribution in [2.45, 2.75) is 59.3 Å². The first-order valence-electron chi connectivity index (χ1n) is 9.30. The molecule has 0 aromatic carbocycles. The van der Waals surface area contributed by atoms with Crippen molar-refractivity contribution >= 4 is 11.6 Å². The molecule has 0 heterocycles. The van der Waals surface area contributed by atoms with Crippen molar-refractivity contribution < 1.29 is 9.59 Å². The number of fused-ring (bicyclic) bond motifs is 5. The first-order chi connectivity index (χ1) is 10.9. The van der Waals surface area contributed by atoms with Gasteiger partial charge in [0.15, 0.2) is 5.78 Å². The van der Waals surface area contributed by atoms with E-state index in [0.717, 1.165) is 19.3 Å². The number of rotatable bonds is 1. The molecule has 23 heavy (non-hydrogen) atoms. The molecule has 0 aromatic heterocycles. The molecule has 124 valence electrons. The summed E-state index contributed by atoms with van der Waals surface area (Å²) < 4.78 is 0. The molecule has 0 amide bonds. The molecule has 4 rings (SSSR count). The second-order valence-corrected chi connectivity index (χ2v) is 8.85. The number of hydrogen-bond acceptors (Lipinski definition) is 2. The molecule has 0 aliphatic heterocycles. The Kier molecular flexibility index (Phi) is 3.28. The summed E-state index contributed by atoms with van der Waals surface area (Å²) in [4.78, 5) is 24.0. The van der Waals surface area contributed by atoms with Gasteiger partial charge in [-0.25, -0.2) is 0 Å². The molecule has 2 nitrogen and oxygen atoms in total. The fourth-order valence-corrected chi connectivity index (χ4v) is 6.59. The third-order valence-electron chi connectivity index (χ3n) is 7.89. The van der Waals surface area contributed by atoms with Gasteiger partial charge in [-0.1, -0.05) is 31.6 Å². The summed E-state index contributed by atoms with van der Waals surface area (Å²) in [6.45, 7) is 6.47. The maximum Gasteiger partial charge on any atom is 0.155 e. The van der Waals surface area contributed by atoms with Crippen LogP contribution in [0.4, 0.5) is 0 Å². The van der Waals surface area contributed by atoms with Crippen LogP contribution in [0.5, 0.6) is 0 Å². The summed E-state index contributed by atoms with van der Waals surface area (Å²) in [6, 6.07) is 0. The lowest BCUT2D eigenvalue weighted by Gasteiger charge is -2.55. The van der Waals surface area contributed by atoms with Gasteiger partial charge in [-0.15, -0.1) is 0 Å². The molecule has 4 aliphatic rings. The van der Waals surface area contributed by atoms with Crippen LogP contribution in [0.2, 0.25) is 0 Å². The van der Waals surface area contributed by atoms with E-state index in [1.54, 1.807) is 6.92 Å². The quantitative estimate of drug-likeness (QED) is 0.668. The highest BCUT2D eigenvalue weighted by molar-refractivity contribution is 5.91. The van der Waals surface area contributed by atoms with Crippen molar-refractivity contribution in [2.75, 3.05) is 0 Å². The third kappa shape index (κ3) is 1.99. The number of carbonyl (C=O) groups is 2. The lowest BCUT2D eigenvalue weighted by molar-refractivity contribution is -0.124. The van der Waals surface area contributed by atoms with E-state index in [4.69, 9.17) is 0 Å². The molecule has 2 saturated carbocycles. The number of hydrogen-bond donors (Lipinski definition) is 0. The molecule has 0 spiro atoms. The van der Waals surface area contributed by atoms with E-state index in [0.29, 0.717) is 35.7 Å². The molecule has 6 atom stereocenters. The first kappa shape index (κ1) is 15.4. The monoisotopic (exact) mass is 312 g/mol. The summed E-state index contributed by atoms with van der Waals surface area (Å²) >= 11 is 0. The molecule has 4 aliphatic carbocycles. The minimum Gasteiger partial charge on any atom is -0.300 e. The van der Waals surface area contributed by atoms with E-state index < -0.39 is 0 Å². The summed E-state index contributed by atoms with van der Waals surface area (Å²) in [5.41, 5.74) is 1.63. The molecule has 0 aromatic rings. The number of Topliss-reactive ketones (excluding diaryl/α,β-unsaturated/α-hetero) is 1. The highest BCUT2D eigenvalue weighted by atomic mass is 16.1. The van der Waals surface area contributed by atoms with E-state index in [-0.39, 0.29) is 16.7 Å². The van der Waals surface area contributed by atoms with Gasteiger partial charge in [0.1, 0.15) is 5.78 Å². The Bertz CT molecular complexity index is 628. The predicted octanol–water partition coefficient (Wildman–Crippen LogP) is 4.50. The average molecular weight is 312 g/mol. The van der Waals surface area contributed by atoms with Gasteiger partial charge in [-0.05, 0) is 73.7 Å². The van der Waals surface area contributed by atoms with Crippen LogP contribution in [0.3, 0.4) is 0 Å². The lowest BCUT2D eigenvalue weighted by atomic mass is 9.49. The van der Waals surface area contributed by atoms with Gasteiger partial charge in [-0.2, -0.15) is 0 Å². The Morgan fingerprint density at radius 3 is 2.70 bits per heavy atom.